The number of benzene rings is 1. The van der Waals surface area contributed by atoms with Crippen molar-refractivity contribution in [1.29, 1.82) is 5.26 Å². The molecule has 1 rings (SSSR count). The van der Waals surface area contributed by atoms with Gasteiger partial charge in [-0.15, -0.1) is 0 Å². The zero-order chi connectivity index (χ0) is 11.4. The quantitative estimate of drug-likeness (QED) is 0.688. The van der Waals surface area contributed by atoms with Gasteiger partial charge in [-0.05, 0) is 6.92 Å². The zero-order valence-corrected chi connectivity index (χ0v) is 8.69. The lowest BCUT2D eigenvalue weighted by Crippen LogP contribution is -1.78. The van der Waals surface area contributed by atoms with Crippen LogP contribution in [0.2, 0.25) is 0 Å². The molecular formula is C11H15NO2. The number of hydrogen-bond donors (Lipinski definition) is 1. The maximum atomic E-state index is 9.00. The van der Waals surface area contributed by atoms with Crippen molar-refractivity contribution < 1.29 is 9.90 Å². The van der Waals surface area contributed by atoms with Gasteiger partial charge in [0.1, 0.15) is 0 Å². The predicted octanol–water partition coefficient (Wildman–Crippen LogP) is 2.62. The van der Waals surface area contributed by atoms with Gasteiger partial charge in [0, 0.05) is 13.8 Å². The number of nitrogens with zero attached hydrogens (tertiary/aromatic N) is 1. The van der Waals surface area contributed by atoms with Gasteiger partial charge in [-0.1, -0.05) is 35.9 Å². The molecule has 3 heteroatoms. The predicted molar refractivity (Wildman–Crippen MR) is 55.8 cm³/mol. The average Bonchev–Trinajstić information content (AvgIpc) is 2.05. The Labute approximate surface area is 84.6 Å². The van der Waals surface area contributed by atoms with Crippen molar-refractivity contribution in [3.05, 3.63) is 35.9 Å². The smallest absolute Gasteiger partial charge is 0.300 e. The van der Waals surface area contributed by atoms with Crippen LogP contribution in [0.5, 0.6) is 0 Å². The minimum Gasteiger partial charge on any atom is -0.481 e. The van der Waals surface area contributed by atoms with Crippen molar-refractivity contribution in [2.24, 2.45) is 0 Å². The second-order valence-electron chi connectivity index (χ2n) is 2.40. The fraction of sp³-hybridized carbons (Fsp3) is 0.273. The largest absolute Gasteiger partial charge is 0.481 e. The maximum Gasteiger partial charge on any atom is 0.300 e. The lowest BCUT2D eigenvalue weighted by Gasteiger charge is -1.82. The van der Waals surface area contributed by atoms with E-state index in [2.05, 4.69) is 19.1 Å². The van der Waals surface area contributed by atoms with Crippen LogP contribution in [0.25, 0.3) is 0 Å². The van der Waals surface area contributed by atoms with Crippen LogP contribution < -0.4 is 0 Å². The van der Waals surface area contributed by atoms with Gasteiger partial charge in [-0.25, -0.2) is 0 Å². The number of carboxylic acids is 1. The Morgan fingerprint density at radius 1 is 1.36 bits per heavy atom. The minimum atomic E-state index is -0.833. The third kappa shape index (κ3) is 22.5. The van der Waals surface area contributed by atoms with Crippen molar-refractivity contribution in [1.82, 2.24) is 0 Å². The molecule has 14 heavy (non-hydrogen) atoms. The molecule has 0 aromatic heterocycles. The van der Waals surface area contributed by atoms with E-state index in [0.717, 1.165) is 6.92 Å². The normalized spacial score (nSPS) is 6.71. The van der Waals surface area contributed by atoms with Crippen LogP contribution in [0, 0.1) is 18.3 Å². The number of aliphatic carboxylic acids is 1. The van der Waals surface area contributed by atoms with Crippen LogP contribution in [-0.4, -0.2) is 11.1 Å². The first-order valence-electron chi connectivity index (χ1n) is 4.06. The highest BCUT2D eigenvalue weighted by Crippen LogP contribution is 1.92. The van der Waals surface area contributed by atoms with Crippen LogP contribution in [0.4, 0.5) is 0 Å². The Bertz CT molecular complexity index is 271. The van der Waals surface area contributed by atoms with E-state index in [1.165, 1.54) is 12.5 Å². The second kappa shape index (κ2) is 11.2. The third-order valence-electron chi connectivity index (χ3n) is 0.940. The van der Waals surface area contributed by atoms with Crippen LogP contribution in [-0.2, 0) is 4.79 Å². The highest BCUT2D eigenvalue weighted by atomic mass is 16.4. The van der Waals surface area contributed by atoms with Crippen LogP contribution >= 0.6 is 0 Å². The van der Waals surface area contributed by atoms with Crippen LogP contribution in [0.1, 0.15) is 19.4 Å². The monoisotopic (exact) mass is 193 g/mol. The maximum absolute atomic E-state index is 9.00. The minimum absolute atomic E-state index is 0.833. The molecule has 0 fully saturated rings. The Hall–Kier alpha value is -1.82. The summed E-state index contributed by atoms with van der Waals surface area (Å²) in [6, 6.07) is 12.0. The van der Waals surface area contributed by atoms with E-state index in [0.29, 0.717) is 0 Å². The molecule has 0 radical (unpaired) electrons. The Morgan fingerprint density at radius 3 is 1.79 bits per heavy atom. The number of hydrogen-bond acceptors (Lipinski definition) is 2. The molecule has 0 heterocycles. The van der Waals surface area contributed by atoms with Gasteiger partial charge in [-0.3, -0.25) is 4.79 Å². The molecule has 0 saturated carbocycles. The standard InChI is InChI=1S/C7H8.C2H3N.C2H4O2/c1-7-5-3-2-4-6-7;1-2-3;1-2(3)4/h2-6H,1H3;1H3;1H3,(H,3,4). The van der Waals surface area contributed by atoms with E-state index in [4.69, 9.17) is 15.2 Å². The first-order valence-corrected chi connectivity index (χ1v) is 4.06. The molecule has 1 aromatic carbocycles. The Morgan fingerprint density at radius 2 is 1.64 bits per heavy atom. The summed E-state index contributed by atoms with van der Waals surface area (Å²) in [6.45, 7) is 4.60. The van der Waals surface area contributed by atoms with Gasteiger partial charge in [-0.2, -0.15) is 5.26 Å². The molecule has 76 valence electrons. The van der Waals surface area contributed by atoms with Crippen molar-refractivity contribution in [3.63, 3.8) is 0 Å². The molecular weight excluding hydrogens is 178 g/mol. The summed E-state index contributed by atoms with van der Waals surface area (Å²) in [5, 5.41) is 14.7. The van der Waals surface area contributed by atoms with Crippen molar-refractivity contribution >= 4 is 5.97 Å². The van der Waals surface area contributed by atoms with Gasteiger partial charge in [0.2, 0.25) is 0 Å². The number of carbonyl (C=O) groups is 1. The molecule has 0 atom stereocenters. The van der Waals surface area contributed by atoms with Gasteiger partial charge in [0.25, 0.3) is 5.97 Å². The second-order valence-corrected chi connectivity index (χ2v) is 2.40. The van der Waals surface area contributed by atoms with Gasteiger partial charge < -0.3 is 5.11 Å². The van der Waals surface area contributed by atoms with E-state index in [9.17, 15) is 0 Å². The first-order chi connectivity index (χ1) is 6.54. The fourth-order valence-corrected chi connectivity index (χ4v) is 0.534. The topological polar surface area (TPSA) is 61.1 Å². The lowest BCUT2D eigenvalue weighted by molar-refractivity contribution is -0.134. The molecule has 0 unspecified atom stereocenters. The first kappa shape index (κ1) is 14.7. The molecule has 0 amide bonds. The van der Waals surface area contributed by atoms with Crippen LogP contribution in [0.15, 0.2) is 30.3 Å². The van der Waals surface area contributed by atoms with Gasteiger partial charge in [0.15, 0.2) is 0 Å². The summed E-state index contributed by atoms with van der Waals surface area (Å²) in [4.78, 5) is 9.00. The molecule has 0 bridgehead atoms. The number of nitriles is 1. The van der Waals surface area contributed by atoms with E-state index < -0.39 is 5.97 Å². The van der Waals surface area contributed by atoms with Gasteiger partial charge in [0.05, 0.1) is 6.07 Å². The molecule has 0 saturated heterocycles. The SMILES string of the molecule is CC#N.CC(=O)O.Cc1ccccc1. The zero-order valence-electron chi connectivity index (χ0n) is 8.69. The Balaban J connectivity index is 0. The molecule has 0 aliphatic rings. The molecule has 0 aliphatic carbocycles. The summed E-state index contributed by atoms with van der Waals surface area (Å²) in [6.07, 6.45) is 0. The van der Waals surface area contributed by atoms with E-state index >= 15 is 0 Å². The highest BCUT2D eigenvalue weighted by molar-refractivity contribution is 5.62. The summed E-state index contributed by atoms with van der Waals surface area (Å²) in [7, 11) is 0. The summed E-state index contributed by atoms with van der Waals surface area (Å²) in [5.74, 6) is -0.833. The molecule has 3 nitrogen and oxygen atoms in total. The summed E-state index contributed by atoms with van der Waals surface area (Å²) < 4.78 is 0. The van der Waals surface area contributed by atoms with Crippen molar-refractivity contribution in [3.8, 4) is 6.07 Å². The van der Waals surface area contributed by atoms with Crippen molar-refractivity contribution in [2.75, 3.05) is 0 Å². The van der Waals surface area contributed by atoms with Crippen molar-refractivity contribution in [2.45, 2.75) is 20.8 Å². The summed E-state index contributed by atoms with van der Waals surface area (Å²) in [5.41, 5.74) is 1.32. The van der Waals surface area contributed by atoms with E-state index in [1.807, 2.05) is 18.2 Å². The van der Waals surface area contributed by atoms with Crippen LogP contribution in [0.3, 0.4) is 0 Å². The molecule has 0 aliphatic heterocycles. The highest BCUT2D eigenvalue weighted by Gasteiger charge is 1.72. The van der Waals surface area contributed by atoms with Gasteiger partial charge >= 0.3 is 0 Å². The number of rotatable bonds is 0. The number of carboxylic acid groups (broad SMARTS) is 1. The average molecular weight is 193 g/mol. The molecule has 0 spiro atoms. The van der Waals surface area contributed by atoms with E-state index in [-0.39, 0.29) is 0 Å². The molecule has 1 N–H and O–H groups in total. The fourth-order valence-electron chi connectivity index (χ4n) is 0.534. The lowest BCUT2D eigenvalue weighted by atomic mass is 10.2. The Kier molecular flexibility index (Phi) is 11.7. The number of aryl methyl sites for hydroxylation is 1. The summed E-state index contributed by atoms with van der Waals surface area (Å²) >= 11 is 0. The third-order valence-corrected chi connectivity index (χ3v) is 0.940. The molecule has 1 aromatic rings. The van der Waals surface area contributed by atoms with E-state index in [1.54, 1.807) is 6.07 Å².